The van der Waals surface area contributed by atoms with E-state index in [0.717, 1.165) is 5.69 Å². The monoisotopic (exact) mass is 385 g/mol. The molecule has 2 atom stereocenters. The maximum atomic E-state index is 13.8. The van der Waals surface area contributed by atoms with Gasteiger partial charge in [-0.1, -0.05) is 6.07 Å². The lowest BCUT2D eigenvalue weighted by atomic mass is 10.0. The molecule has 2 saturated heterocycles. The Bertz CT molecular complexity index is 930. The van der Waals surface area contributed by atoms with Crippen molar-refractivity contribution in [2.75, 3.05) is 19.6 Å². The molecule has 0 unspecified atom stereocenters. The van der Waals surface area contributed by atoms with Gasteiger partial charge in [-0.25, -0.2) is 9.37 Å². The average molecular weight is 385 g/mol. The first-order chi connectivity index (χ1) is 13.4. The second-order valence-corrected chi connectivity index (χ2v) is 7.10. The van der Waals surface area contributed by atoms with Crippen LogP contribution >= 0.6 is 0 Å². The fourth-order valence-electron chi connectivity index (χ4n) is 3.65. The Balaban J connectivity index is 1.47. The van der Waals surface area contributed by atoms with Crippen molar-refractivity contribution in [3.63, 3.8) is 0 Å². The Labute approximate surface area is 160 Å². The van der Waals surface area contributed by atoms with Crippen LogP contribution in [-0.2, 0) is 16.0 Å². The number of fused-ring (bicyclic) bond motifs is 1. The predicted molar refractivity (Wildman–Crippen MR) is 96.8 cm³/mol. The molecule has 146 valence electrons. The van der Waals surface area contributed by atoms with Crippen LogP contribution in [0.1, 0.15) is 21.6 Å². The molecule has 0 spiro atoms. The third-order valence-corrected chi connectivity index (χ3v) is 5.27. The van der Waals surface area contributed by atoms with E-state index in [1.807, 2.05) is 0 Å². The Kier molecular flexibility index (Phi) is 4.58. The number of H-pyrrole nitrogens is 1. The van der Waals surface area contributed by atoms with Gasteiger partial charge in [-0.05, 0) is 24.6 Å². The van der Waals surface area contributed by atoms with Crippen molar-refractivity contribution in [2.45, 2.75) is 25.4 Å². The third kappa shape index (κ3) is 3.23. The number of halogens is 1. The van der Waals surface area contributed by atoms with Gasteiger partial charge in [-0.3, -0.25) is 14.4 Å². The largest absolute Gasteiger partial charge is 0.348 e. The van der Waals surface area contributed by atoms with Crippen molar-refractivity contribution in [3.8, 4) is 0 Å². The predicted octanol–water partition coefficient (Wildman–Crippen LogP) is 0.251. The van der Waals surface area contributed by atoms with Gasteiger partial charge in [0.2, 0.25) is 11.8 Å². The van der Waals surface area contributed by atoms with Crippen LogP contribution in [-0.4, -0.2) is 69.2 Å². The number of piperazine rings is 2. The highest BCUT2D eigenvalue weighted by atomic mass is 19.1. The lowest BCUT2D eigenvalue weighted by molar-refractivity contribution is -0.152. The minimum absolute atomic E-state index is 0.0860. The highest BCUT2D eigenvalue weighted by molar-refractivity contribution is 5.99. The molecule has 2 aliphatic rings. The first kappa shape index (κ1) is 18.1. The minimum atomic E-state index is -0.737. The van der Waals surface area contributed by atoms with Crippen LogP contribution in [0.25, 0.3) is 0 Å². The number of aromatic nitrogens is 2. The number of amides is 3. The smallest absolute Gasteiger partial charge is 0.254 e. The second-order valence-electron chi connectivity index (χ2n) is 7.10. The van der Waals surface area contributed by atoms with Gasteiger partial charge in [-0.2, -0.15) is 0 Å². The van der Waals surface area contributed by atoms with E-state index in [0.29, 0.717) is 18.5 Å². The van der Waals surface area contributed by atoms with E-state index in [1.165, 1.54) is 22.2 Å². The Morgan fingerprint density at radius 3 is 2.86 bits per heavy atom. The number of benzene rings is 1. The number of carbonyl (C=O) groups excluding carboxylic acids is 3. The van der Waals surface area contributed by atoms with Crippen molar-refractivity contribution < 1.29 is 18.8 Å². The van der Waals surface area contributed by atoms with Crippen LogP contribution in [0.4, 0.5) is 4.39 Å². The highest BCUT2D eigenvalue weighted by Gasteiger charge is 2.44. The number of aryl methyl sites for hydroxylation is 1. The molecule has 28 heavy (non-hydrogen) atoms. The first-order valence-corrected chi connectivity index (χ1v) is 9.07. The molecular formula is C19H20FN5O3. The number of imidazole rings is 1. The molecule has 1 aromatic heterocycles. The molecular weight excluding hydrogens is 365 g/mol. The summed E-state index contributed by atoms with van der Waals surface area (Å²) in [6.45, 7) is 2.26. The summed E-state index contributed by atoms with van der Waals surface area (Å²) < 4.78 is 13.8. The van der Waals surface area contributed by atoms with E-state index in [2.05, 4.69) is 15.3 Å². The molecule has 0 saturated carbocycles. The van der Waals surface area contributed by atoms with E-state index in [-0.39, 0.29) is 36.4 Å². The molecule has 2 fully saturated rings. The number of rotatable bonds is 3. The molecule has 8 nitrogen and oxygen atoms in total. The summed E-state index contributed by atoms with van der Waals surface area (Å²) >= 11 is 0. The number of hydrogen-bond acceptors (Lipinski definition) is 4. The van der Waals surface area contributed by atoms with Gasteiger partial charge < -0.3 is 20.1 Å². The molecule has 9 heteroatoms. The number of aromatic amines is 1. The van der Waals surface area contributed by atoms with Crippen LogP contribution in [0.15, 0.2) is 30.7 Å². The lowest BCUT2D eigenvalue weighted by Gasteiger charge is -2.45. The number of nitrogens with one attached hydrogen (secondary N) is 2. The SMILES string of the molecule is Cc1ccc(C(=O)N2CCN3C(=O)[C@H](Cc4cnc[nH]4)NC(=O)[C@H]3C2)cc1F. The summed E-state index contributed by atoms with van der Waals surface area (Å²) in [6, 6.07) is 2.93. The number of carbonyl (C=O) groups is 3. The van der Waals surface area contributed by atoms with Crippen molar-refractivity contribution in [3.05, 3.63) is 53.4 Å². The van der Waals surface area contributed by atoms with Crippen molar-refractivity contribution >= 4 is 17.7 Å². The van der Waals surface area contributed by atoms with Gasteiger partial charge in [0.25, 0.3) is 5.91 Å². The summed E-state index contributed by atoms with van der Waals surface area (Å²) in [6.07, 6.45) is 3.47. The van der Waals surface area contributed by atoms with Crippen LogP contribution in [0.2, 0.25) is 0 Å². The van der Waals surface area contributed by atoms with E-state index in [9.17, 15) is 18.8 Å². The van der Waals surface area contributed by atoms with Crippen LogP contribution < -0.4 is 5.32 Å². The number of hydrogen-bond donors (Lipinski definition) is 2. The first-order valence-electron chi connectivity index (χ1n) is 9.07. The molecule has 4 rings (SSSR count). The molecule has 1 aromatic carbocycles. The fraction of sp³-hybridized carbons (Fsp3) is 0.368. The molecule has 2 aliphatic heterocycles. The van der Waals surface area contributed by atoms with Gasteiger partial charge in [-0.15, -0.1) is 0 Å². The average Bonchev–Trinajstić information content (AvgIpc) is 3.20. The zero-order chi connectivity index (χ0) is 19.8. The van der Waals surface area contributed by atoms with E-state index in [4.69, 9.17) is 0 Å². The van der Waals surface area contributed by atoms with Gasteiger partial charge in [0.1, 0.15) is 17.9 Å². The van der Waals surface area contributed by atoms with E-state index < -0.39 is 17.9 Å². The third-order valence-electron chi connectivity index (χ3n) is 5.27. The summed E-state index contributed by atoms with van der Waals surface area (Å²) in [5.74, 6) is -1.26. The molecule has 3 heterocycles. The topological polar surface area (TPSA) is 98.4 Å². The van der Waals surface area contributed by atoms with Crippen LogP contribution in [0.5, 0.6) is 0 Å². The minimum Gasteiger partial charge on any atom is -0.348 e. The Hall–Kier alpha value is -3.23. The van der Waals surface area contributed by atoms with Crippen LogP contribution in [0, 0.1) is 12.7 Å². The molecule has 0 aliphatic carbocycles. The maximum absolute atomic E-state index is 13.8. The Morgan fingerprint density at radius 1 is 1.32 bits per heavy atom. The number of nitrogens with zero attached hydrogens (tertiary/aromatic N) is 3. The van der Waals surface area contributed by atoms with Gasteiger partial charge >= 0.3 is 0 Å². The fourth-order valence-corrected chi connectivity index (χ4v) is 3.65. The maximum Gasteiger partial charge on any atom is 0.254 e. The van der Waals surface area contributed by atoms with Gasteiger partial charge in [0.05, 0.1) is 12.9 Å². The quantitative estimate of drug-likeness (QED) is 0.791. The highest BCUT2D eigenvalue weighted by Crippen LogP contribution is 2.20. The summed E-state index contributed by atoms with van der Waals surface area (Å²) in [4.78, 5) is 47.9. The molecule has 2 aromatic rings. The van der Waals surface area contributed by atoms with Crippen molar-refractivity contribution in [2.24, 2.45) is 0 Å². The van der Waals surface area contributed by atoms with E-state index >= 15 is 0 Å². The Morgan fingerprint density at radius 2 is 2.14 bits per heavy atom. The second kappa shape index (κ2) is 7.06. The standard InChI is InChI=1S/C19H20FN5O3/c1-11-2-3-12(6-14(11)20)18(27)24-4-5-25-16(9-24)17(26)23-15(19(25)28)7-13-8-21-10-22-13/h2-3,6,8,10,15-16H,4-5,7,9H2,1H3,(H,21,22)(H,23,26)/t15-,16+/m0/s1. The molecule has 0 radical (unpaired) electrons. The molecule has 2 N–H and O–H groups in total. The molecule has 3 amide bonds. The van der Waals surface area contributed by atoms with Gasteiger partial charge in [0, 0.05) is 37.0 Å². The summed E-state index contributed by atoms with van der Waals surface area (Å²) in [7, 11) is 0. The summed E-state index contributed by atoms with van der Waals surface area (Å²) in [5.41, 5.74) is 1.45. The van der Waals surface area contributed by atoms with E-state index in [1.54, 1.807) is 25.3 Å². The van der Waals surface area contributed by atoms with Gasteiger partial charge in [0.15, 0.2) is 0 Å². The van der Waals surface area contributed by atoms with Crippen molar-refractivity contribution in [1.29, 1.82) is 0 Å². The zero-order valence-electron chi connectivity index (χ0n) is 15.3. The zero-order valence-corrected chi connectivity index (χ0v) is 15.3. The van der Waals surface area contributed by atoms with Crippen LogP contribution in [0.3, 0.4) is 0 Å². The summed E-state index contributed by atoms with van der Waals surface area (Å²) in [5, 5.41) is 2.74. The molecule has 0 bridgehead atoms. The normalized spacial score (nSPS) is 22.1. The lowest BCUT2D eigenvalue weighted by Crippen LogP contribution is -2.70. The van der Waals surface area contributed by atoms with Crippen molar-refractivity contribution in [1.82, 2.24) is 25.1 Å².